The van der Waals surface area contributed by atoms with Gasteiger partial charge in [-0.05, 0) is 24.1 Å². The molecule has 1 N–H and O–H groups in total. The second-order valence-corrected chi connectivity index (χ2v) is 4.30. The zero-order valence-electron chi connectivity index (χ0n) is 8.93. The molecule has 1 aromatic rings. The molecular formula is C12H15ClO3. The molecule has 0 amide bonds. The number of benzene rings is 1. The topological polar surface area (TPSA) is 38.7 Å². The van der Waals surface area contributed by atoms with E-state index in [1.165, 1.54) is 0 Å². The van der Waals surface area contributed by atoms with Crippen LogP contribution in [0.25, 0.3) is 0 Å². The minimum atomic E-state index is -0.197. The summed E-state index contributed by atoms with van der Waals surface area (Å²) in [5, 5.41) is 9.51. The van der Waals surface area contributed by atoms with Crippen LogP contribution in [0.4, 0.5) is 0 Å². The van der Waals surface area contributed by atoms with Crippen molar-refractivity contribution in [3.05, 3.63) is 34.9 Å². The summed E-state index contributed by atoms with van der Waals surface area (Å²) < 4.78 is 11.1. The highest BCUT2D eigenvalue weighted by Crippen LogP contribution is 2.19. The van der Waals surface area contributed by atoms with Crippen LogP contribution in [0.15, 0.2) is 24.3 Å². The van der Waals surface area contributed by atoms with Gasteiger partial charge in [-0.25, -0.2) is 0 Å². The van der Waals surface area contributed by atoms with E-state index in [1.54, 1.807) is 0 Å². The van der Waals surface area contributed by atoms with E-state index < -0.39 is 0 Å². The van der Waals surface area contributed by atoms with Gasteiger partial charge in [-0.15, -0.1) is 0 Å². The Hall–Kier alpha value is -0.610. The van der Waals surface area contributed by atoms with Gasteiger partial charge in [-0.1, -0.05) is 23.7 Å². The number of aliphatic hydroxyl groups excluding tert-OH is 1. The Morgan fingerprint density at radius 2 is 2.06 bits per heavy atom. The zero-order chi connectivity index (χ0) is 11.4. The van der Waals surface area contributed by atoms with Gasteiger partial charge in [0.1, 0.15) is 0 Å². The highest BCUT2D eigenvalue weighted by atomic mass is 35.5. The van der Waals surface area contributed by atoms with Crippen LogP contribution < -0.4 is 0 Å². The van der Waals surface area contributed by atoms with E-state index in [0.717, 1.165) is 17.0 Å². The molecule has 3 nitrogen and oxygen atoms in total. The molecule has 2 rings (SSSR count). The normalized spacial score (nSPS) is 24.9. The maximum Gasteiger partial charge on any atom is 0.162 e. The number of rotatable bonds is 4. The second-order valence-electron chi connectivity index (χ2n) is 3.86. The molecular weight excluding hydrogens is 228 g/mol. The average molecular weight is 243 g/mol. The van der Waals surface area contributed by atoms with Gasteiger partial charge in [0.15, 0.2) is 6.29 Å². The fourth-order valence-corrected chi connectivity index (χ4v) is 1.85. The quantitative estimate of drug-likeness (QED) is 0.878. The molecule has 4 heteroatoms. The molecule has 16 heavy (non-hydrogen) atoms. The number of halogens is 1. The van der Waals surface area contributed by atoms with Gasteiger partial charge in [0.2, 0.25) is 0 Å². The molecule has 1 saturated heterocycles. The van der Waals surface area contributed by atoms with Gasteiger partial charge in [0, 0.05) is 18.1 Å². The van der Waals surface area contributed by atoms with Crippen molar-refractivity contribution in [2.45, 2.75) is 25.2 Å². The first kappa shape index (κ1) is 11.9. The lowest BCUT2D eigenvalue weighted by Gasteiger charge is -2.10. The molecule has 0 spiro atoms. The third kappa shape index (κ3) is 3.19. The fraction of sp³-hybridized carbons (Fsp3) is 0.500. The van der Waals surface area contributed by atoms with E-state index in [1.807, 2.05) is 24.3 Å². The molecule has 2 unspecified atom stereocenters. The Labute approximate surface area is 99.9 Å². The van der Waals surface area contributed by atoms with E-state index >= 15 is 0 Å². The molecule has 1 aliphatic heterocycles. The van der Waals surface area contributed by atoms with Crippen LogP contribution in [0, 0.1) is 0 Å². The summed E-state index contributed by atoms with van der Waals surface area (Å²) in [7, 11) is 0. The highest BCUT2D eigenvalue weighted by Gasteiger charge is 2.25. The predicted molar refractivity (Wildman–Crippen MR) is 61.5 cm³/mol. The first-order valence-corrected chi connectivity index (χ1v) is 5.78. The van der Waals surface area contributed by atoms with Crippen molar-refractivity contribution in [1.82, 2.24) is 0 Å². The van der Waals surface area contributed by atoms with Gasteiger partial charge in [0.05, 0.1) is 12.7 Å². The van der Waals surface area contributed by atoms with Crippen molar-refractivity contribution in [3.8, 4) is 0 Å². The Bertz CT molecular complexity index is 326. The molecule has 0 radical (unpaired) electrons. The van der Waals surface area contributed by atoms with E-state index in [0.29, 0.717) is 13.0 Å². The fourth-order valence-electron chi connectivity index (χ4n) is 1.72. The van der Waals surface area contributed by atoms with Crippen molar-refractivity contribution in [2.75, 3.05) is 13.2 Å². The van der Waals surface area contributed by atoms with E-state index in [-0.39, 0.29) is 19.0 Å². The van der Waals surface area contributed by atoms with Crippen LogP contribution >= 0.6 is 11.6 Å². The highest BCUT2D eigenvalue weighted by molar-refractivity contribution is 6.30. The summed E-state index contributed by atoms with van der Waals surface area (Å²) >= 11 is 5.80. The first-order chi connectivity index (χ1) is 7.78. The minimum absolute atomic E-state index is 0.0299. The maximum atomic E-state index is 8.78. The smallest absolute Gasteiger partial charge is 0.162 e. The van der Waals surface area contributed by atoms with Crippen LogP contribution in [0.2, 0.25) is 5.02 Å². The Morgan fingerprint density at radius 1 is 1.31 bits per heavy atom. The summed E-state index contributed by atoms with van der Waals surface area (Å²) in [5.74, 6) is 0. The number of aliphatic hydroxyl groups is 1. The Morgan fingerprint density at radius 3 is 2.75 bits per heavy atom. The number of hydrogen-bond acceptors (Lipinski definition) is 3. The molecule has 1 aliphatic rings. The van der Waals surface area contributed by atoms with Crippen LogP contribution in [0.5, 0.6) is 0 Å². The number of ether oxygens (including phenoxy) is 2. The summed E-state index contributed by atoms with van der Waals surface area (Å²) in [6.45, 7) is 0.709. The molecule has 1 aromatic carbocycles. The molecule has 2 atom stereocenters. The summed E-state index contributed by atoms with van der Waals surface area (Å²) in [6, 6.07) is 7.65. The SMILES string of the molecule is OCCC1COC(Cc2ccc(Cl)cc2)O1. The maximum absolute atomic E-state index is 8.78. The minimum Gasteiger partial charge on any atom is -0.396 e. The third-order valence-corrected chi connectivity index (χ3v) is 2.83. The van der Waals surface area contributed by atoms with E-state index in [2.05, 4.69) is 0 Å². The largest absolute Gasteiger partial charge is 0.396 e. The molecule has 0 aliphatic carbocycles. The van der Waals surface area contributed by atoms with Crippen molar-refractivity contribution >= 4 is 11.6 Å². The van der Waals surface area contributed by atoms with Crippen LogP contribution in [-0.2, 0) is 15.9 Å². The van der Waals surface area contributed by atoms with E-state index in [9.17, 15) is 0 Å². The van der Waals surface area contributed by atoms with Gasteiger partial charge >= 0.3 is 0 Å². The van der Waals surface area contributed by atoms with Gasteiger partial charge in [-0.2, -0.15) is 0 Å². The zero-order valence-corrected chi connectivity index (χ0v) is 9.69. The van der Waals surface area contributed by atoms with Crippen molar-refractivity contribution in [3.63, 3.8) is 0 Å². The van der Waals surface area contributed by atoms with E-state index in [4.69, 9.17) is 26.2 Å². The van der Waals surface area contributed by atoms with Crippen LogP contribution in [0.3, 0.4) is 0 Å². The second kappa shape index (κ2) is 5.64. The summed E-state index contributed by atoms with van der Waals surface area (Å²) in [5.41, 5.74) is 1.14. The van der Waals surface area contributed by atoms with Crippen molar-refractivity contribution in [2.24, 2.45) is 0 Å². The lowest BCUT2D eigenvalue weighted by Crippen LogP contribution is -2.15. The van der Waals surface area contributed by atoms with Gasteiger partial charge < -0.3 is 14.6 Å². The predicted octanol–water partition coefficient (Wildman–Crippen LogP) is 2.01. The molecule has 88 valence electrons. The van der Waals surface area contributed by atoms with Crippen molar-refractivity contribution < 1.29 is 14.6 Å². The molecule has 0 saturated carbocycles. The Kier molecular flexibility index (Phi) is 4.18. The van der Waals surface area contributed by atoms with Crippen LogP contribution in [-0.4, -0.2) is 30.7 Å². The lowest BCUT2D eigenvalue weighted by atomic mass is 10.1. The third-order valence-electron chi connectivity index (χ3n) is 2.58. The van der Waals surface area contributed by atoms with Crippen molar-refractivity contribution in [1.29, 1.82) is 0 Å². The van der Waals surface area contributed by atoms with Gasteiger partial charge in [-0.3, -0.25) is 0 Å². The summed E-state index contributed by atoms with van der Waals surface area (Å²) in [4.78, 5) is 0. The lowest BCUT2D eigenvalue weighted by molar-refractivity contribution is -0.0583. The van der Waals surface area contributed by atoms with Gasteiger partial charge in [0.25, 0.3) is 0 Å². The number of hydrogen-bond donors (Lipinski definition) is 1. The Balaban J connectivity index is 1.84. The standard InChI is InChI=1S/C12H15ClO3/c13-10-3-1-9(2-4-10)7-12-15-8-11(16-12)5-6-14/h1-4,11-12,14H,5-8H2. The monoisotopic (exact) mass is 242 g/mol. The molecule has 1 fully saturated rings. The summed E-state index contributed by atoms with van der Waals surface area (Å²) in [6.07, 6.45) is 1.19. The average Bonchev–Trinajstić information content (AvgIpc) is 2.70. The molecule has 0 bridgehead atoms. The van der Waals surface area contributed by atoms with Crippen LogP contribution in [0.1, 0.15) is 12.0 Å². The molecule has 1 heterocycles. The first-order valence-electron chi connectivity index (χ1n) is 5.40. The molecule has 0 aromatic heterocycles.